The molecule has 3 aromatic heterocycles. The monoisotopic (exact) mass is 564 g/mol. The van der Waals surface area contributed by atoms with Gasteiger partial charge in [-0.05, 0) is 49.4 Å². The van der Waals surface area contributed by atoms with E-state index >= 15 is 0 Å². The minimum absolute atomic E-state index is 0.00459. The second-order valence-corrected chi connectivity index (χ2v) is 10.3. The van der Waals surface area contributed by atoms with E-state index in [4.69, 9.17) is 5.73 Å². The van der Waals surface area contributed by atoms with Gasteiger partial charge in [0.1, 0.15) is 11.4 Å². The third kappa shape index (κ3) is 4.42. The first kappa shape index (κ1) is 26.7. The molecule has 1 atom stereocenters. The lowest BCUT2D eigenvalue weighted by atomic mass is 9.96. The molecule has 0 fully saturated rings. The van der Waals surface area contributed by atoms with Crippen LogP contribution in [0.25, 0.3) is 11.3 Å². The number of hydrogen-bond acceptors (Lipinski definition) is 8. The topological polar surface area (TPSA) is 169 Å². The Bertz CT molecular complexity index is 2020. The minimum Gasteiger partial charge on any atom is -0.390 e. The summed E-state index contributed by atoms with van der Waals surface area (Å²) >= 11 is 0. The second kappa shape index (κ2) is 10.1. The number of carbonyl (C=O) groups is 3. The van der Waals surface area contributed by atoms with Crippen LogP contribution >= 0.6 is 0 Å². The van der Waals surface area contributed by atoms with Crippen molar-refractivity contribution in [2.75, 3.05) is 5.73 Å². The molecule has 0 spiro atoms. The van der Waals surface area contributed by atoms with E-state index in [0.717, 1.165) is 23.1 Å². The molecule has 2 aromatic carbocycles. The predicted molar refractivity (Wildman–Crippen MR) is 151 cm³/mol. The number of nitrogens with one attached hydrogen (secondary N) is 2. The van der Waals surface area contributed by atoms with E-state index in [1.165, 1.54) is 21.3 Å². The summed E-state index contributed by atoms with van der Waals surface area (Å²) in [6, 6.07) is 9.83. The van der Waals surface area contributed by atoms with Crippen LogP contribution in [-0.4, -0.2) is 32.2 Å². The van der Waals surface area contributed by atoms with Gasteiger partial charge in [-0.2, -0.15) is 9.67 Å². The van der Waals surface area contributed by atoms with Crippen molar-refractivity contribution < 1.29 is 19.0 Å². The molecule has 12 nitrogen and oxygen atoms in total. The van der Waals surface area contributed by atoms with Crippen molar-refractivity contribution in [2.24, 2.45) is 0 Å². The Morgan fingerprint density at radius 2 is 1.93 bits per heavy atom. The maximum Gasteiger partial charge on any atom is 0.301 e. The highest BCUT2D eigenvalue weighted by molar-refractivity contribution is 5.99. The van der Waals surface area contributed by atoms with Gasteiger partial charge in [-0.1, -0.05) is 12.1 Å². The standard InChI is InChI=1S/C30H25N7O5/c1-15-18(16(2)38)5-6-20-19(15)7-8-21(20)35-30(42)23-12-22(34-24-9-10-33-37(23)24)29(41)32-13-17-4-3-11-36(14-17)26-25(31)27(39)28(26)40/h3-6,9-12,14,21H,7-8,13H2,1-2H3,(H3-,31,32,35,40,41,42)/p+1/t21-/m0/s1. The number of carbonyl (C=O) groups excluding carboxylic acids is 3. The number of aromatic nitrogens is 4. The van der Waals surface area contributed by atoms with E-state index in [9.17, 15) is 24.0 Å². The van der Waals surface area contributed by atoms with E-state index in [0.29, 0.717) is 23.2 Å². The lowest BCUT2D eigenvalue weighted by molar-refractivity contribution is -0.597. The number of benzene rings is 1. The number of nitrogens with two attached hydrogens (primary N) is 1. The highest BCUT2D eigenvalue weighted by Gasteiger charge is 2.29. The fourth-order valence-corrected chi connectivity index (χ4v) is 5.53. The van der Waals surface area contributed by atoms with Crippen LogP contribution in [0.3, 0.4) is 0 Å². The van der Waals surface area contributed by atoms with Gasteiger partial charge in [-0.15, -0.1) is 0 Å². The zero-order chi connectivity index (χ0) is 29.7. The fraction of sp³-hybridized carbons (Fsp3) is 0.200. The Labute approximate surface area is 238 Å². The maximum absolute atomic E-state index is 13.5. The minimum atomic E-state index is -0.716. The van der Waals surface area contributed by atoms with Gasteiger partial charge in [0.15, 0.2) is 29.5 Å². The van der Waals surface area contributed by atoms with Crippen LogP contribution in [0.4, 0.5) is 5.69 Å². The van der Waals surface area contributed by atoms with Gasteiger partial charge < -0.3 is 16.4 Å². The Hall–Kier alpha value is -5.52. The number of nitrogen functional groups attached to an aromatic ring is 1. The summed E-state index contributed by atoms with van der Waals surface area (Å²) in [5.41, 5.74) is 9.08. The number of nitrogens with zero attached hydrogens (tertiary/aromatic N) is 4. The number of pyridine rings is 1. The third-order valence-corrected chi connectivity index (χ3v) is 7.70. The van der Waals surface area contributed by atoms with Crippen molar-refractivity contribution in [3.05, 3.63) is 115 Å². The molecule has 42 heavy (non-hydrogen) atoms. The normalized spacial score (nSPS) is 14.2. The van der Waals surface area contributed by atoms with Gasteiger partial charge in [0.2, 0.25) is 0 Å². The van der Waals surface area contributed by atoms with Crippen molar-refractivity contribution in [1.82, 2.24) is 25.2 Å². The number of anilines is 1. The molecule has 4 N–H and O–H groups in total. The van der Waals surface area contributed by atoms with Crippen LogP contribution in [0.1, 0.15) is 73.0 Å². The summed E-state index contributed by atoms with van der Waals surface area (Å²) in [5.74, 6) is -0.929. The van der Waals surface area contributed by atoms with Crippen LogP contribution in [0.15, 0.2) is 64.6 Å². The first-order valence-electron chi connectivity index (χ1n) is 13.3. The smallest absolute Gasteiger partial charge is 0.301 e. The molecule has 3 heterocycles. The van der Waals surface area contributed by atoms with Crippen molar-refractivity contribution in [3.63, 3.8) is 0 Å². The van der Waals surface area contributed by atoms with E-state index in [1.54, 1.807) is 43.6 Å². The predicted octanol–water partition coefficient (Wildman–Crippen LogP) is 1.04. The largest absolute Gasteiger partial charge is 0.390 e. The van der Waals surface area contributed by atoms with Crippen molar-refractivity contribution >= 4 is 28.9 Å². The summed E-state index contributed by atoms with van der Waals surface area (Å²) < 4.78 is 2.82. The van der Waals surface area contributed by atoms with Crippen LogP contribution < -0.4 is 31.8 Å². The van der Waals surface area contributed by atoms with Gasteiger partial charge in [0.05, 0.1) is 12.2 Å². The molecule has 6 rings (SSSR count). The van der Waals surface area contributed by atoms with Gasteiger partial charge in [0, 0.05) is 35.9 Å². The SMILES string of the molecule is CC(=O)c1ccc2c(c1C)CC[C@@H]2NC(=O)c1cc(C(=O)NCc2ccc[n+](-c3c(N)c(=O)c3=O)c2)nc2ccnn12. The first-order chi connectivity index (χ1) is 20.1. The Morgan fingerprint density at radius 1 is 1.12 bits per heavy atom. The average molecular weight is 565 g/mol. The molecule has 12 heteroatoms. The highest BCUT2D eigenvalue weighted by Crippen LogP contribution is 2.35. The zero-order valence-electron chi connectivity index (χ0n) is 22.8. The number of ketones is 1. The molecule has 1 aliphatic carbocycles. The number of fused-ring (bicyclic) bond motifs is 2. The Kier molecular flexibility index (Phi) is 6.45. The van der Waals surface area contributed by atoms with E-state index < -0.39 is 22.7 Å². The molecule has 0 aliphatic heterocycles. The lowest BCUT2D eigenvalue weighted by Crippen LogP contribution is -2.49. The number of Topliss-reactive ketones (excluding diaryl/α,β-unsaturated/α-hetero) is 1. The van der Waals surface area contributed by atoms with Crippen LogP contribution in [-0.2, 0) is 13.0 Å². The van der Waals surface area contributed by atoms with Gasteiger partial charge in [-0.3, -0.25) is 24.0 Å². The highest BCUT2D eigenvalue weighted by atomic mass is 16.2. The molecule has 0 unspecified atom stereocenters. The molecule has 0 saturated carbocycles. The van der Waals surface area contributed by atoms with Gasteiger partial charge in [-0.25, -0.2) is 9.50 Å². The molecular formula is C30H26N7O5+. The zero-order valence-corrected chi connectivity index (χ0v) is 22.8. The second-order valence-electron chi connectivity index (χ2n) is 10.3. The lowest BCUT2D eigenvalue weighted by Gasteiger charge is -2.16. The molecule has 1 aliphatic rings. The Morgan fingerprint density at radius 3 is 2.69 bits per heavy atom. The summed E-state index contributed by atoms with van der Waals surface area (Å²) in [6.45, 7) is 3.56. The first-order valence-corrected chi connectivity index (χ1v) is 13.3. The molecule has 210 valence electrons. The van der Waals surface area contributed by atoms with Gasteiger partial charge >= 0.3 is 5.43 Å². The molecule has 0 saturated heterocycles. The molecular weight excluding hydrogens is 538 g/mol. The number of rotatable bonds is 7. The van der Waals surface area contributed by atoms with E-state index in [-0.39, 0.29) is 41.1 Å². The molecule has 2 amide bonds. The van der Waals surface area contributed by atoms with Crippen molar-refractivity contribution in [1.29, 1.82) is 0 Å². The van der Waals surface area contributed by atoms with Crippen molar-refractivity contribution in [2.45, 2.75) is 39.3 Å². The molecule has 5 aromatic rings. The summed E-state index contributed by atoms with van der Waals surface area (Å²) in [5, 5.41) is 10.0. The van der Waals surface area contributed by atoms with Crippen LogP contribution in [0.2, 0.25) is 0 Å². The quantitative estimate of drug-likeness (QED) is 0.150. The number of hydrogen-bond donors (Lipinski definition) is 3. The summed E-state index contributed by atoms with van der Waals surface area (Å²) in [6.07, 6.45) is 6.10. The number of amides is 2. The van der Waals surface area contributed by atoms with E-state index in [2.05, 4.69) is 20.7 Å². The average Bonchev–Trinajstić information content (AvgIpc) is 3.63. The fourth-order valence-electron chi connectivity index (χ4n) is 5.53. The summed E-state index contributed by atoms with van der Waals surface area (Å²) in [7, 11) is 0. The van der Waals surface area contributed by atoms with Crippen LogP contribution in [0.5, 0.6) is 0 Å². The maximum atomic E-state index is 13.5. The summed E-state index contributed by atoms with van der Waals surface area (Å²) in [4.78, 5) is 66.3. The van der Waals surface area contributed by atoms with Gasteiger partial charge in [0.25, 0.3) is 22.9 Å². The third-order valence-electron chi connectivity index (χ3n) is 7.70. The Balaban J connectivity index is 1.21. The van der Waals surface area contributed by atoms with E-state index in [1.807, 2.05) is 13.0 Å². The van der Waals surface area contributed by atoms with Crippen LogP contribution in [0, 0.1) is 6.92 Å². The molecule has 0 bridgehead atoms. The van der Waals surface area contributed by atoms with Crippen molar-refractivity contribution in [3.8, 4) is 5.69 Å². The molecule has 0 radical (unpaired) electrons.